The summed E-state index contributed by atoms with van der Waals surface area (Å²) in [6, 6.07) is 1.56. The molecule has 0 saturated heterocycles. The maximum Gasteiger partial charge on any atom is 0.194 e. The highest BCUT2D eigenvalue weighted by Gasteiger charge is 2.19. The molecule has 0 bridgehead atoms. The van der Waals surface area contributed by atoms with E-state index in [2.05, 4.69) is 12.0 Å². The largest absolute Gasteiger partial charge is 0.271 e. The van der Waals surface area contributed by atoms with Crippen LogP contribution in [0, 0.1) is 17.5 Å². The summed E-state index contributed by atoms with van der Waals surface area (Å²) in [5, 5.41) is 0. The Hall–Kier alpha value is -1.33. The normalized spacial score (nSPS) is 12.5. The zero-order chi connectivity index (χ0) is 12.8. The molecule has 1 rings (SSSR count). The Balaban J connectivity index is 2.88. The van der Waals surface area contributed by atoms with Gasteiger partial charge in [-0.2, -0.15) is 0 Å². The molecule has 1 aromatic carbocycles. The van der Waals surface area contributed by atoms with Crippen molar-refractivity contribution in [2.24, 2.45) is 5.84 Å². The lowest BCUT2D eigenvalue weighted by molar-refractivity contribution is 0.416. The molecule has 3 N–H and O–H groups in total. The highest BCUT2D eigenvalue weighted by Crippen LogP contribution is 2.24. The van der Waals surface area contributed by atoms with Gasteiger partial charge in [-0.15, -0.1) is 6.58 Å². The van der Waals surface area contributed by atoms with Gasteiger partial charge in [0.2, 0.25) is 0 Å². The monoisotopic (exact) mass is 244 g/mol. The van der Waals surface area contributed by atoms with Gasteiger partial charge < -0.3 is 0 Å². The number of halogens is 3. The van der Waals surface area contributed by atoms with E-state index in [4.69, 9.17) is 5.84 Å². The first-order valence-corrected chi connectivity index (χ1v) is 5.32. The molecular formula is C12H15F3N2. The number of hydrogen-bond donors (Lipinski definition) is 2. The molecule has 0 spiro atoms. The Morgan fingerprint density at radius 2 is 2.00 bits per heavy atom. The fourth-order valence-corrected chi connectivity index (χ4v) is 1.60. The lowest BCUT2D eigenvalue weighted by Gasteiger charge is -2.17. The SMILES string of the molecule is C=CCCCC(NN)c1ccc(F)c(F)c1F. The predicted octanol–water partition coefficient (Wildman–Crippen LogP) is 2.96. The third-order valence-corrected chi connectivity index (χ3v) is 2.54. The summed E-state index contributed by atoms with van der Waals surface area (Å²) in [5.74, 6) is 1.43. The van der Waals surface area contributed by atoms with Crippen molar-refractivity contribution in [3.63, 3.8) is 0 Å². The smallest absolute Gasteiger partial charge is 0.194 e. The average molecular weight is 244 g/mol. The van der Waals surface area contributed by atoms with Crippen LogP contribution < -0.4 is 11.3 Å². The highest BCUT2D eigenvalue weighted by atomic mass is 19.2. The maximum absolute atomic E-state index is 13.5. The number of benzene rings is 1. The summed E-state index contributed by atoms with van der Waals surface area (Å²) in [6.07, 6.45) is 3.74. The van der Waals surface area contributed by atoms with Gasteiger partial charge in [0.1, 0.15) is 0 Å². The quantitative estimate of drug-likeness (QED) is 0.265. The topological polar surface area (TPSA) is 38.0 Å². The first kappa shape index (κ1) is 13.7. The van der Waals surface area contributed by atoms with Gasteiger partial charge in [0, 0.05) is 11.6 Å². The molecule has 0 saturated carbocycles. The summed E-state index contributed by atoms with van der Waals surface area (Å²) in [4.78, 5) is 0. The van der Waals surface area contributed by atoms with Crippen LogP contribution in [0.5, 0.6) is 0 Å². The Labute approximate surface area is 98.3 Å². The molecule has 0 fully saturated rings. The standard InChI is InChI=1S/C12H15F3N2/c1-2-3-4-5-10(17-16)8-6-7-9(13)12(15)11(8)14/h2,6-7,10,17H,1,3-5,16H2. The van der Waals surface area contributed by atoms with Crippen LogP contribution in [-0.2, 0) is 0 Å². The number of hydrogen-bond acceptors (Lipinski definition) is 2. The number of nitrogens with one attached hydrogen (secondary N) is 1. The van der Waals surface area contributed by atoms with Gasteiger partial charge in [-0.25, -0.2) is 13.2 Å². The summed E-state index contributed by atoms with van der Waals surface area (Å²) in [5.41, 5.74) is 2.44. The van der Waals surface area contributed by atoms with E-state index in [1.165, 1.54) is 6.07 Å². The molecule has 94 valence electrons. The van der Waals surface area contributed by atoms with Gasteiger partial charge in [0.05, 0.1) is 0 Å². The van der Waals surface area contributed by atoms with Crippen molar-refractivity contribution in [2.75, 3.05) is 0 Å². The minimum atomic E-state index is -1.47. The number of nitrogens with two attached hydrogens (primary N) is 1. The second-order valence-corrected chi connectivity index (χ2v) is 3.70. The molecule has 0 amide bonds. The molecular weight excluding hydrogens is 229 g/mol. The first-order chi connectivity index (χ1) is 8.11. The van der Waals surface area contributed by atoms with Gasteiger partial charge >= 0.3 is 0 Å². The third kappa shape index (κ3) is 3.31. The second-order valence-electron chi connectivity index (χ2n) is 3.70. The van der Waals surface area contributed by atoms with Crippen molar-refractivity contribution in [1.29, 1.82) is 0 Å². The predicted molar refractivity (Wildman–Crippen MR) is 60.4 cm³/mol. The molecule has 0 aliphatic rings. The van der Waals surface area contributed by atoms with Crippen LogP contribution >= 0.6 is 0 Å². The van der Waals surface area contributed by atoms with Gasteiger partial charge in [0.25, 0.3) is 0 Å². The van der Waals surface area contributed by atoms with E-state index in [9.17, 15) is 13.2 Å². The van der Waals surface area contributed by atoms with E-state index < -0.39 is 23.5 Å². The van der Waals surface area contributed by atoms with Crippen molar-refractivity contribution in [2.45, 2.75) is 25.3 Å². The lowest BCUT2D eigenvalue weighted by atomic mass is 10.0. The molecule has 0 radical (unpaired) electrons. The lowest BCUT2D eigenvalue weighted by Crippen LogP contribution is -2.29. The molecule has 5 heteroatoms. The Morgan fingerprint density at radius 3 is 2.59 bits per heavy atom. The molecule has 17 heavy (non-hydrogen) atoms. The van der Waals surface area contributed by atoms with Gasteiger partial charge in [-0.05, 0) is 25.3 Å². The van der Waals surface area contributed by atoms with Crippen molar-refractivity contribution in [3.8, 4) is 0 Å². The van der Waals surface area contributed by atoms with Crippen LogP contribution in [0.25, 0.3) is 0 Å². The highest BCUT2D eigenvalue weighted by molar-refractivity contribution is 5.23. The Kier molecular flexibility index (Phi) is 5.18. The summed E-state index contributed by atoms with van der Waals surface area (Å²) in [6.45, 7) is 3.56. The van der Waals surface area contributed by atoms with Crippen LogP contribution in [0.15, 0.2) is 24.8 Å². The second kappa shape index (κ2) is 6.42. The van der Waals surface area contributed by atoms with Crippen molar-refractivity contribution in [3.05, 3.63) is 47.8 Å². The van der Waals surface area contributed by atoms with Crippen molar-refractivity contribution >= 4 is 0 Å². The van der Waals surface area contributed by atoms with Crippen LogP contribution in [0.3, 0.4) is 0 Å². The molecule has 0 aromatic heterocycles. The fourth-order valence-electron chi connectivity index (χ4n) is 1.60. The van der Waals surface area contributed by atoms with E-state index in [1.807, 2.05) is 0 Å². The fraction of sp³-hybridized carbons (Fsp3) is 0.333. The minimum Gasteiger partial charge on any atom is -0.271 e. The van der Waals surface area contributed by atoms with E-state index in [0.29, 0.717) is 6.42 Å². The van der Waals surface area contributed by atoms with E-state index >= 15 is 0 Å². The zero-order valence-electron chi connectivity index (χ0n) is 9.35. The molecule has 0 heterocycles. The Bertz CT molecular complexity index is 394. The van der Waals surface area contributed by atoms with Gasteiger partial charge in [0.15, 0.2) is 17.5 Å². The summed E-state index contributed by atoms with van der Waals surface area (Å²) in [7, 11) is 0. The van der Waals surface area contributed by atoms with Crippen LogP contribution in [0.4, 0.5) is 13.2 Å². The maximum atomic E-state index is 13.5. The van der Waals surface area contributed by atoms with Gasteiger partial charge in [-0.1, -0.05) is 12.1 Å². The van der Waals surface area contributed by atoms with Crippen molar-refractivity contribution in [1.82, 2.24) is 5.43 Å². The number of unbranched alkanes of at least 4 members (excludes halogenated alkanes) is 1. The Morgan fingerprint density at radius 1 is 1.29 bits per heavy atom. The molecule has 0 aliphatic carbocycles. The van der Waals surface area contributed by atoms with Crippen LogP contribution in [-0.4, -0.2) is 0 Å². The first-order valence-electron chi connectivity index (χ1n) is 5.32. The van der Waals surface area contributed by atoms with Gasteiger partial charge in [-0.3, -0.25) is 11.3 Å². The summed E-state index contributed by atoms with van der Waals surface area (Å²) < 4.78 is 39.3. The minimum absolute atomic E-state index is 0.0375. The molecule has 2 nitrogen and oxygen atoms in total. The number of allylic oxidation sites excluding steroid dienone is 1. The third-order valence-electron chi connectivity index (χ3n) is 2.54. The molecule has 1 atom stereocenters. The molecule has 1 aromatic rings. The van der Waals surface area contributed by atoms with Crippen LogP contribution in [0.2, 0.25) is 0 Å². The van der Waals surface area contributed by atoms with E-state index in [-0.39, 0.29) is 5.56 Å². The zero-order valence-corrected chi connectivity index (χ0v) is 9.35. The number of rotatable bonds is 6. The average Bonchev–Trinajstić information content (AvgIpc) is 2.33. The van der Waals surface area contributed by atoms with Crippen LogP contribution in [0.1, 0.15) is 30.9 Å². The van der Waals surface area contributed by atoms with E-state index in [0.717, 1.165) is 18.9 Å². The molecule has 1 unspecified atom stereocenters. The molecule has 0 aliphatic heterocycles. The number of hydrazine groups is 1. The summed E-state index contributed by atoms with van der Waals surface area (Å²) >= 11 is 0. The van der Waals surface area contributed by atoms with Crippen molar-refractivity contribution < 1.29 is 13.2 Å². The van der Waals surface area contributed by atoms with E-state index in [1.54, 1.807) is 6.08 Å².